The lowest BCUT2D eigenvalue weighted by molar-refractivity contribution is -0.509. The standard InChI is InChI=1S/C38H43F3N3O12S/c1-23(45)52-21-54-34(47)18-44(19-35(48)55-22-53-24(2)46)32-14-9-25(15-33(32)51-8)36-28-12-10-26(42(5)6)16-30(28)37(3,4)31-17-27(11-13-29(31)36)43(7)20-56-57(49,50)38(39,40)41/h9-17H,18-22H2,1-8H3/q+1. The van der Waals surface area contributed by atoms with Crippen LogP contribution in [0.3, 0.4) is 0 Å². The molecule has 2 aromatic carbocycles. The smallest absolute Gasteiger partial charge is 0.490 e. The summed E-state index contributed by atoms with van der Waals surface area (Å²) in [7, 11) is 0.746. The number of alkyl halides is 3. The molecule has 15 nitrogen and oxygen atoms in total. The zero-order valence-electron chi connectivity index (χ0n) is 32.5. The molecule has 0 N–H and O–H groups in total. The van der Waals surface area contributed by atoms with Gasteiger partial charge in [-0.15, -0.1) is 0 Å². The van der Waals surface area contributed by atoms with E-state index in [0.717, 1.165) is 47.4 Å². The zero-order chi connectivity index (χ0) is 42.5. The molecule has 2 aliphatic carbocycles. The first-order valence-corrected chi connectivity index (χ1v) is 18.5. The first kappa shape index (κ1) is 44.0. The summed E-state index contributed by atoms with van der Waals surface area (Å²) in [4.78, 5) is 51.2. The predicted molar refractivity (Wildman–Crippen MR) is 199 cm³/mol. The molecule has 0 radical (unpaired) electrons. The van der Waals surface area contributed by atoms with Gasteiger partial charge in [-0.2, -0.15) is 21.6 Å². The van der Waals surface area contributed by atoms with E-state index in [9.17, 15) is 40.8 Å². The lowest BCUT2D eigenvalue weighted by atomic mass is 9.66. The van der Waals surface area contributed by atoms with Crippen molar-refractivity contribution >= 4 is 56.7 Å². The summed E-state index contributed by atoms with van der Waals surface area (Å²) in [6.07, 6.45) is 5.07. The molecule has 0 aliphatic heterocycles. The molecular weight excluding hydrogens is 779 g/mol. The number of carbonyl (C=O) groups is 4. The van der Waals surface area contributed by atoms with Gasteiger partial charge in [0.05, 0.1) is 7.11 Å². The summed E-state index contributed by atoms with van der Waals surface area (Å²) in [5, 5.41) is 0. The topological polar surface area (TPSA) is 167 Å². The number of halogens is 3. The van der Waals surface area contributed by atoms with E-state index < -0.39 is 78.3 Å². The fraction of sp³-hybridized carbons (Fsp3) is 0.395. The Morgan fingerprint density at radius 2 is 1.30 bits per heavy atom. The van der Waals surface area contributed by atoms with Crippen LogP contribution in [0.25, 0.3) is 5.57 Å². The van der Waals surface area contributed by atoms with Crippen LogP contribution in [0.1, 0.15) is 49.9 Å². The number of benzene rings is 2. The number of esters is 4. The fourth-order valence-electron chi connectivity index (χ4n) is 6.02. The zero-order valence-corrected chi connectivity index (χ0v) is 33.3. The normalized spacial score (nSPS) is 15.7. The van der Waals surface area contributed by atoms with E-state index in [1.807, 2.05) is 51.0 Å². The molecule has 0 amide bonds. The number of carbonyl (C=O) groups excluding carboxylic acids is 4. The Labute approximate surface area is 327 Å². The van der Waals surface area contributed by atoms with Gasteiger partial charge in [0, 0.05) is 57.9 Å². The Balaban J connectivity index is 1.87. The molecule has 0 bridgehead atoms. The van der Waals surface area contributed by atoms with Crippen molar-refractivity contribution in [1.29, 1.82) is 0 Å². The second-order valence-electron chi connectivity index (χ2n) is 13.5. The maximum absolute atomic E-state index is 13.0. The Kier molecular flexibility index (Phi) is 13.6. The van der Waals surface area contributed by atoms with Crippen LogP contribution in [-0.2, 0) is 62.6 Å². The highest BCUT2D eigenvalue weighted by Gasteiger charge is 2.47. The van der Waals surface area contributed by atoms with E-state index in [1.165, 1.54) is 23.6 Å². The Hall–Kier alpha value is -5.69. The molecule has 0 spiro atoms. The van der Waals surface area contributed by atoms with Gasteiger partial charge in [0.1, 0.15) is 6.73 Å². The lowest BCUT2D eigenvalue weighted by Crippen LogP contribution is -2.35. The minimum absolute atomic E-state index is 0.220. The second kappa shape index (κ2) is 17.6. The van der Waals surface area contributed by atoms with Crippen LogP contribution in [0, 0.1) is 0 Å². The van der Waals surface area contributed by atoms with Crippen LogP contribution in [0.2, 0.25) is 0 Å². The number of allylic oxidation sites excluding steroid dienone is 4. The molecule has 57 heavy (non-hydrogen) atoms. The minimum Gasteiger partial charge on any atom is -0.490 e. The summed E-state index contributed by atoms with van der Waals surface area (Å²) in [5.74, 6) is -2.85. The number of methoxy groups -OCH3 is 1. The lowest BCUT2D eigenvalue weighted by Gasteiger charge is -2.39. The first-order valence-electron chi connectivity index (χ1n) is 17.1. The van der Waals surface area contributed by atoms with Crippen molar-refractivity contribution in [2.75, 3.05) is 71.5 Å². The van der Waals surface area contributed by atoms with Gasteiger partial charge in [0.15, 0.2) is 5.76 Å². The molecule has 308 valence electrons. The minimum atomic E-state index is -5.84. The number of anilines is 2. The first-order chi connectivity index (χ1) is 26.6. The molecule has 0 atom stereocenters. The van der Waals surface area contributed by atoms with E-state index in [1.54, 1.807) is 36.4 Å². The number of fused-ring (bicyclic) bond motifs is 2. The third-order valence-electron chi connectivity index (χ3n) is 8.95. The molecule has 0 saturated heterocycles. The predicted octanol–water partition coefficient (Wildman–Crippen LogP) is 4.13. The Morgan fingerprint density at radius 1 is 0.789 bits per heavy atom. The van der Waals surface area contributed by atoms with Crippen LogP contribution in [0.15, 0.2) is 66.0 Å². The van der Waals surface area contributed by atoms with Gasteiger partial charge < -0.3 is 33.5 Å². The average molecular weight is 823 g/mol. The van der Waals surface area contributed by atoms with Crippen molar-refractivity contribution in [2.24, 2.45) is 0 Å². The molecule has 4 rings (SSSR count). The summed E-state index contributed by atoms with van der Waals surface area (Å²) < 4.78 is 93.0. The maximum atomic E-state index is 13.0. The van der Waals surface area contributed by atoms with Crippen molar-refractivity contribution in [3.8, 4) is 0 Å². The number of hydrogen-bond donors (Lipinski definition) is 0. The largest absolute Gasteiger partial charge is 0.523 e. The third-order valence-corrected chi connectivity index (χ3v) is 9.93. The van der Waals surface area contributed by atoms with Crippen molar-refractivity contribution < 1.29 is 73.2 Å². The van der Waals surface area contributed by atoms with Crippen molar-refractivity contribution in [1.82, 2.24) is 0 Å². The van der Waals surface area contributed by atoms with Gasteiger partial charge in [-0.05, 0) is 69.8 Å². The van der Waals surface area contributed by atoms with Crippen molar-refractivity contribution in [2.45, 2.75) is 38.6 Å². The Morgan fingerprint density at radius 3 is 1.77 bits per heavy atom. The van der Waals surface area contributed by atoms with Gasteiger partial charge >= 0.3 is 39.5 Å². The molecule has 2 aromatic rings. The highest BCUT2D eigenvalue weighted by molar-refractivity contribution is 7.87. The summed E-state index contributed by atoms with van der Waals surface area (Å²) in [6.45, 7) is 3.02. The van der Waals surface area contributed by atoms with E-state index in [0.29, 0.717) is 11.3 Å². The molecule has 0 saturated carbocycles. The van der Waals surface area contributed by atoms with Gasteiger partial charge in [-0.1, -0.05) is 26.0 Å². The molecular formula is C38H43F3N3O12S+. The van der Waals surface area contributed by atoms with E-state index in [4.69, 9.17) is 23.7 Å². The SMILES string of the molecule is COC1=CC(=C2c3ccc(N(C)C)cc3C(C)(C)c3cc(N(C)COS(=O)(=O)C(F)(F)F)ccc32)C=CC1=[N+](CC(=O)OCOC(C)=O)CC(=O)OCOC(C)=O. The van der Waals surface area contributed by atoms with E-state index >= 15 is 0 Å². The van der Waals surface area contributed by atoms with Gasteiger partial charge in [0.25, 0.3) is 0 Å². The molecule has 0 fully saturated rings. The monoisotopic (exact) mass is 822 g/mol. The third kappa shape index (κ3) is 10.4. The molecule has 0 unspecified atom stereocenters. The quantitative estimate of drug-likeness (QED) is 0.0877. The maximum Gasteiger partial charge on any atom is 0.523 e. The van der Waals surface area contributed by atoms with Gasteiger partial charge in [0.2, 0.25) is 32.4 Å². The van der Waals surface area contributed by atoms with Gasteiger partial charge in [-0.25, -0.2) is 18.3 Å². The van der Waals surface area contributed by atoms with Crippen LogP contribution in [0.5, 0.6) is 0 Å². The van der Waals surface area contributed by atoms with Crippen molar-refractivity contribution in [3.05, 3.63) is 88.2 Å². The molecule has 0 aromatic heterocycles. The number of nitrogens with zero attached hydrogens (tertiary/aromatic N) is 3. The molecule has 0 heterocycles. The van der Waals surface area contributed by atoms with Gasteiger partial charge in [-0.3, -0.25) is 9.59 Å². The molecule has 19 heteroatoms. The van der Waals surface area contributed by atoms with Crippen LogP contribution < -0.4 is 9.80 Å². The summed E-state index contributed by atoms with van der Waals surface area (Å²) >= 11 is 0. The highest BCUT2D eigenvalue weighted by atomic mass is 32.2. The highest BCUT2D eigenvalue weighted by Crippen LogP contribution is 2.50. The average Bonchev–Trinajstić information content (AvgIpc) is 3.12. The fourth-order valence-corrected chi connectivity index (χ4v) is 6.45. The van der Waals surface area contributed by atoms with Crippen molar-refractivity contribution in [3.63, 3.8) is 0 Å². The van der Waals surface area contributed by atoms with Crippen LogP contribution in [-0.4, -0.2) is 110 Å². The number of rotatable bonds is 14. The second-order valence-corrected chi connectivity index (χ2v) is 15.1. The number of ether oxygens (including phenoxy) is 5. The number of hydrogen-bond acceptors (Lipinski definition) is 14. The van der Waals surface area contributed by atoms with Crippen LogP contribution >= 0.6 is 0 Å². The summed E-state index contributed by atoms with van der Waals surface area (Å²) in [5.41, 5.74) is -0.0633. The van der Waals surface area contributed by atoms with Crippen LogP contribution in [0.4, 0.5) is 24.5 Å². The van der Waals surface area contributed by atoms with E-state index in [2.05, 4.69) is 4.18 Å². The summed E-state index contributed by atoms with van der Waals surface area (Å²) in [6, 6.07) is 11.1. The molecule has 2 aliphatic rings. The Bertz CT molecular complexity index is 2140. The van der Waals surface area contributed by atoms with E-state index in [-0.39, 0.29) is 11.5 Å².